The Morgan fingerprint density at radius 1 is 1.53 bits per heavy atom. The molecule has 2 bridgehead atoms. The number of fused-ring (bicyclic) bond motifs is 1. The molecule has 3 rings (SSSR count). The molecule has 0 aromatic carbocycles. The molecule has 82 valence electrons. The molecule has 1 aliphatic heterocycles. The Labute approximate surface area is 95.4 Å². The van der Waals surface area contributed by atoms with Crippen LogP contribution in [0, 0.1) is 23.7 Å². The lowest BCUT2D eigenvalue weighted by Gasteiger charge is -2.26. The van der Waals surface area contributed by atoms with Crippen LogP contribution in [0.5, 0.6) is 0 Å². The maximum absolute atomic E-state index is 11.6. The van der Waals surface area contributed by atoms with Crippen LogP contribution in [0.25, 0.3) is 0 Å². The first kappa shape index (κ1) is 9.63. The normalized spacial score (nSPS) is 50.7. The van der Waals surface area contributed by atoms with Gasteiger partial charge in [0, 0.05) is 5.92 Å². The fraction of sp³-hybridized carbons (Fsp3) is 0.800. The first-order chi connectivity index (χ1) is 7.15. The van der Waals surface area contributed by atoms with E-state index in [1.807, 2.05) is 0 Å². The molecule has 3 fully saturated rings. The summed E-state index contributed by atoms with van der Waals surface area (Å²) in [7, 11) is 1.37. The minimum absolute atomic E-state index is 0.0200. The van der Waals surface area contributed by atoms with E-state index < -0.39 is 0 Å². The van der Waals surface area contributed by atoms with E-state index in [9.17, 15) is 9.59 Å². The van der Waals surface area contributed by atoms with Gasteiger partial charge >= 0.3 is 11.9 Å². The molecule has 6 atom stereocenters. The number of hydrogen-bond acceptors (Lipinski definition) is 4. The van der Waals surface area contributed by atoms with Crippen LogP contribution in [0.1, 0.15) is 6.42 Å². The minimum atomic E-state index is -0.296. The van der Waals surface area contributed by atoms with Crippen molar-refractivity contribution < 1.29 is 19.1 Å². The molecular weight excluding hydrogens is 264 g/mol. The third kappa shape index (κ3) is 1.02. The molecular formula is C10H11BrO4. The number of alkyl halides is 1. The zero-order valence-electron chi connectivity index (χ0n) is 8.18. The molecule has 0 amide bonds. The number of esters is 2. The number of carbonyl (C=O) groups excluding carboxylic acids is 2. The van der Waals surface area contributed by atoms with Crippen molar-refractivity contribution in [1.29, 1.82) is 0 Å². The molecule has 2 aliphatic carbocycles. The Morgan fingerprint density at radius 3 is 2.93 bits per heavy atom. The van der Waals surface area contributed by atoms with Crippen molar-refractivity contribution in [2.75, 3.05) is 7.11 Å². The molecule has 0 spiro atoms. The standard InChI is InChI=1S/C10H11BrO4/c1-14-9(12)5-3-2-4-6(5)10(13)15-8(4)7(3)11/h3-8H,2H2,1H3. The van der Waals surface area contributed by atoms with Gasteiger partial charge in [-0.2, -0.15) is 0 Å². The maximum atomic E-state index is 11.6. The van der Waals surface area contributed by atoms with Crippen molar-refractivity contribution in [2.24, 2.45) is 23.7 Å². The summed E-state index contributed by atoms with van der Waals surface area (Å²) in [6.07, 6.45) is 0.880. The molecule has 4 nitrogen and oxygen atoms in total. The van der Waals surface area contributed by atoms with Gasteiger partial charge < -0.3 is 9.47 Å². The molecule has 15 heavy (non-hydrogen) atoms. The lowest BCUT2D eigenvalue weighted by atomic mass is 9.80. The van der Waals surface area contributed by atoms with Crippen LogP contribution in [0.3, 0.4) is 0 Å². The lowest BCUT2D eigenvalue weighted by Crippen LogP contribution is -2.38. The van der Waals surface area contributed by atoms with Crippen molar-refractivity contribution in [2.45, 2.75) is 17.4 Å². The summed E-state index contributed by atoms with van der Waals surface area (Å²) in [5, 5.41) is 0. The van der Waals surface area contributed by atoms with Gasteiger partial charge in [0.05, 0.1) is 23.8 Å². The molecule has 6 unspecified atom stereocenters. The van der Waals surface area contributed by atoms with Gasteiger partial charge in [0.1, 0.15) is 6.10 Å². The fourth-order valence-corrected chi connectivity index (χ4v) is 4.48. The quantitative estimate of drug-likeness (QED) is 0.523. The van der Waals surface area contributed by atoms with Crippen LogP contribution in [-0.2, 0) is 19.1 Å². The highest BCUT2D eigenvalue weighted by Crippen LogP contribution is 2.60. The molecule has 0 aromatic heterocycles. The van der Waals surface area contributed by atoms with Gasteiger partial charge in [-0.25, -0.2) is 0 Å². The Morgan fingerprint density at radius 2 is 2.27 bits per heavy atom. The summed E-state index contributed by atoms with van der Waals surface area (Å²) in [6, 6.07) is 0. The number of ether oxygens (including phenoxy) is 2. The highest BCUT2D eigenvalue weighted by Gasteiger charge is 2.68. The van der Waals surface area contributed by atoms with Crippen molar-refractivity contribution in [3.05, 3.63) is 0 Å². The van der Waals surface area contributed by atoms with Gasteiger partial charge in [-0.1, -0.05) is 15.9 Å². The zero-order chi connectivity index (χ0) is 10.7. The van der Waals surface area contributed by atoms with Crippen molar-refractivity contribution in [1.82, 2.24) is 0 Å². The number of methoxy groups -OCH3 is 1. The summed E-state index contributed by atoms with van der Waals surface area (Å²) >= 11 is 3.53. The molecule has 2 saturated carbocycles. The van der Waals surface area contributed by atoms with Crippen LogP contribution in [0.2, 0.25) is 0 Å². The van der Waals surface area contributed by atoms with Crippen LogP contribution >= 0.6 is 15.9 Å². The summed E-state index contributed by atoms with van der Waals surface area (Å²) < 4.78 is 10.0. The average Bonchev–Trinajstić information content (AvgIpc) is 2.80. The number of hydrogen-bond donors (Lipinski definition) is 0. The van der Waals surface area contributed by atoms with Crippen LogP contribution in [0.4, 0.5) is 0 Å². The van der Waals surface area contributed by atoms with Gasteiger partial charge in [-0.05, 0) is 12.3 Å². The second-order valence-electron chi connectivity index (χ2n) is 4.48. The average molecular weight is 275 g/mol. The van der Waals surface area contributed by atoms with Crippen molar-refractivity contribution in [3.8, 4) is 0 Å². The van der Waals surface area contributed by atoms with E-state index in [1.54, 1.807) is 0 Å². The predicted molar refractivity (Wildman–Crippen MR) is 53.2 cm³/mol. The second-order valence-corrected chi connectivity index (χ2v) is 5.54. The Kier molecular flexibility index (Phi) is 1.90. The Hall–Kier alpha value is -0.580. The number of carbonyl (C=O) groups is 2. The number of rotatable bonds is 1. The molecule has 1 heterocycles. The van der Waals surface area contributed by atoms with Crippen molar-refractivity contribution >= 4 is 27.9 Å². The van der Waals surface area contributed by atoms with Crippen LogP contribution in [-0.4, -0.2) is 30.0 Å². The highest BCUT2D eigenvalue weighted by molar-refractivity contribution is 9.09. The molecule has 3 aliphatic rings. The van der Waals surface area contributed by atoms with E-state index in [2.05, 4.69) is 15.9 Å². The van der Waals surface area contributed by atoms with Gasteiger partial charge in [-0.3, -0.25) is 9.59 Å². The first-order valence-corrected chi connectivity index (χ1v) is 5.99. The minimum Gasteiger partial charge on any atom is -0.469 e. The maximum Gasteiger partial charge on any atom is 0.310 e. The molecule has 0 radical (unpaired) electrons. The molecule has 5 heteroatoms. The zero-order valence-corrected chi connectivity index (χ0v) is 9.77. The third-order valence-corrected chi connectivity index (χ3v) is 5.20. The Bertz CT molecular complexity index is 342. The van der Waals surface area contributed by atoms with E-state index in [0.29, 0.717) is 0 Å². The second kappa shape index (κ2) is 2.97. The van der Waals surface area contributed by atoms with Crippen LogP contribution < -0.4 is 0 Å². The summed E-state index contributed by atoms with van der Waals surface area (Å²) in [4.78, 5) is 23.4. The van der Waals surface area contributed by atoms with Crippen LogP contribution in [0.15, 0.2) is 0 Å². The third-order valence-electron chi connectivity index (χ3n) is 4.00. The van der Waals surface area contributed by atoms with Crippen molar-refractivity contribution in [3.63, 3.8) is 0 Å². The van der Waals surface area contributed by atoms with Gasteiger partial charge in [0.25, 0.3) is 0 Å². The molecule has 1 saturated heterocycles. The van der Waals surface area contributed by atoms with E-state index in [0.717, 1.165) is 6.42 Å². The lowest BCUT2D eigenvalue weighted by molar-refractivity contribution is -0.153. The largest absolute Gasteiger partial charge is 0.469 e. The summed E-state index contributed by atoms with van der Waals surface area (Å²) in [5.74, 6) is -0.615. The van der Waals surface area contributed by atoms with E-state index in [1.165, 1.54) is 7.11 Å². The monoisotopic (exact) mass is 274 g/mol. The number of halogens is 1. The van der Waals surface area contributed by atoms with E-state index >= 15 is 0 Å². The molecule has 0 N–H and O–H groups in total. The Balaban J connectivity index is 1.98. The smallest absolute Gasteiger partial charge is 0.310 e. The van der Waals surface area contributed by atoms with Gasteiger partial charge in [0.15, 0.2) is 0 Å². The summed E-state index contributed by atoms with van der Waals surface area (Å²) in [5.41, 5.74) is 0. The fourth-order valence-electron chi connectivity index (χ4n) is 3.43. The predicted octanol–water partition coefficient (Wildman–Crippen LogP) is 0.730. The molecule has 0 aromatic rings. The first-order valence-electron chi connectivity index (χ1n) is 5.07. The van der Waals surface area contributed by atoms with E-state index in [4.69, 9.17) is 9.47 Å². The van der Waals surface area contributed by atoms with Gasteiger partial charge in [0.2, 0.25) is 0 Å². The highest BCUT2D eigenvalue weighted by atomic mass is 79.9. The topological polar surface area (TPSA) is 52.6 Å². The van der Waals surface area contributed by atoms with E-state index in [-0.39, 0.29) is 46.5 Å². The SMILES string of the molecule is COC(=O)C1C2CC3C(OC(=O)C31)C2Br. The summed E-state index contributed by atoms with van der Waals surface area (Å²) in [6.45, 7) is 0. The van der Waals surface area contributed by atoms with Gasteiger partial charge in [-0.15, -0.1) is 0 Å².